The van der Waals surface area contributed by atoms with Gasteiger partial charge in [-0.3, -0.25) is 9.69 Å². The molecule has 126 valence electrons. The minimum atomic E-state index is -0.294. The molecule has 2 N–H and O–H groups in total. The molecule has 0 aromatic carbocycles. The van der Waals surface area contributed by atoms with Crippen molar-refractivity contribution >= 4 is 21.6 Å². The zero-order valence-corrected chi connectivity index (χ0v) is 14.2. The lowest BCUT2D eigenvalue weighted by atomic mass is 10.0. The van der Waals surface area contributed by atoms with Crippen LogP contribution in [0.2, 0.25) is 0 Å². The Morgan fingerprint density at radius 3 is 3.17 bits per heavy atom. The fourth-order valence-corrected chi connectivity index (χ4v) is 4.24. The summed E-state index contributed by atoms with van der Waals surface area (Å²) in [5.74, 6) is 1.65. The van der Waals surface area contributed by atoms with Crippen LogP contribution in [0, 0.1) is 5.92 Å². The number of aliphatic hydroxyl groups is 1. The third-order valence-corrected chi connectivity index (χ3v) is 5.52. The molecule has 2 unspecified atom stereocenters. The van der Waals surface area contributed by atoms with Crippen molar-refractivity contribution in [1.82, 2.24) is 14.9 Å². The van der Waals surface area contributed by atoms with Crippen LogP contribution < -0.4 is 5.56 Å². The molecule has 1 aliphatic rings. The minimum Gasteiger partial charge on any atom is -0.464 e. The number of likely N-dealkylation sites (tertiary alicyclic amines) is 1. The van der Waals surface area contributed by atoms with Gasteiger partial charge in [-0.25, -0.2) is 4.98 Å². The van der Waals surface area contributed by atoms with Crippen LogP contribution in [-0.2, 0) is 6.54 Å². The summed E-state index contributed by atoms with van der Waals surface area (Å²) in [4.78, 5) is 23.0. The molecule has 0 amide bonds. The van der Waals surface area contributed by atoms with Gasteiger partial charge in [0.2, 0.25) is 0 Å². The van der Waals surface area contributed by atoms with E-state index >= 15 is 0 Å². The number of aliphatic hydroxyl groups excluding tert-OH is 1. The van der Waals surface area contributed by atoms with Crippen molar-refractivity contribution in [2.75, 3.05) is 13.1 Å². The van der Waals surface area contributed by atoms with E-state index in [0.717, 1.165) is 29.9 Å². The van der Waals surface area contributed by atoms with Crippen LogP contribution in [-0.4, -0.2) is 39.2 Å². The van der Waals surface area contributed by atoms with Crippen molar-refractivity contribution in [3.63, 3.8) is 0 Å². The summed E-state index contributed by atoms with van der Waals surface area (Å²) < 4.78 is 5.41. The zero-order valence-electron chi connectivity index (χ0n) is 13.4. The Labute approximate surface area is 142 Å². The Morgan fingerprint density at radius 2 is 2.46 bits per heavy atom. The van der Waals surface area contributed by atoms with E-state index in [4.69, 9.17) is 4.42 Å². The average Bonchev–Trinajstić information content (AvgIpc) is 3.26. The number of furan rings is 1. The number of aromatic amines is 1. The van der Waals surface area contributed by atoms with Crippen molar-refractivity contribution in [1.29, 1.82) is 0 Å². The van der Waals surface area contributed by atoms with Gasteiger partial charge in [-0.2, -0.15) is 0 Å². The molecule has 7 heteroatoms. The predicted molar refractivity (Wildman–Crippen MR) is 93.0 cm³/mol. The number of fused-ring (bicyclic) bond motifs is 1. The summed E-state index contributed by atoms with van der Waals surface area (Å²) in [5, 5.41) is 12.2. The molecule has 6 nitrogen and oxygen atoms in total. The summed E-state index contributed by atoms with van der Waals surface area (Å²) in [5.41, 5.74) is 0.657. The van der Waals surface area contributed by atoms with E-state index in [-0.39, 0.29) is 11.7 Å². The number of rotatable bonds is 4. The van der Waals surface area contributed by atoms with Crippen LogP contribution in [0.25, 0.3) is 21.5 Å². The number of nitrogens with zero attached hydrogens (tertiary/aromatic N) is 2. The summed E-state index contributed by atoms with van der Waals surface area (Å²) in [6.45, 7) is 4.19. The maximum atomic E-state index is 12.5. The Hall–Kier alpha value is -1.96. The number of nitrogens with one attached hydrogen (secondary N) is 1. The number of H-pyrrole nitrogens is 1. The van der Waals surface area contributed by atoms with Gasteiger partial charge >= 0.3 is 0 Å². The highest BCUT2D eigenvalue weighted by atomic mass is 32.1. The van der Waals surface area contributed by atoms with Crippen LogP contribution >= 0.6 is 11.3 Å². The second-order valence-corrected chi connectivity index (χ2v) is 7.20. The molecule has 0 bridgehead atoms. The third kappa shape index (κ3) is 2.79. The Kier molecular flexibility index (Phi) is 3.99. The topological polar surface area (TPSA) is 82.4 Å². The number of aromatic nitrogens is 2. The molecule has 4 rings (SSSR count). The van der Waals surface area contributed by atoms with E-state index in [1.165, 1.54) is 11.3 Å². The fraction of sp³-hybridized carbons (Fsp3) is 0.412. The van der Waals surface area contributed by atoms with E-state index in [2.05, 4.69) is 14.9 Å². The normalized spacial score (nSPS) is 20.0. The molecule has 1 fully saturated rings. The van der Waals surface area contributed by atoms with Crippen molar-refractivity contribution in [2.45, 2.75) is 26.0 Å². The molecule has 24 heavy (non-hydrogen) atoms. The maximum absolute atomic E-state index is 12.5. The lowest BCUT2D eigenvalue weighted by molar-refractivity contribution is 0.127. The zero-order chi connectivity index (χ0) is 16.7. The van der Waals surface area contributed by atoms with Crippen molar-refractivity contribution in [3.05, 3.63) is 40.0 Å². The monoisotopic (exact) mass is 345 g/mol. The van der Waals surface area contributed by atoms with E-state index < -0.39 is 0 Å². The molecule has 0 spiro atoms. The van der Waals surface area contributed by atoms with Gasteiger partial charge in [-0.1, -0.05) is 0 Å². The first-order valence-electron chi connectivity index (χ1n) is 8.06. The van der Waals surface area contributed by atoms with E-state index in [0.29, 0.717) is 29.4 Å². The lowest BCUT2D eigenvalue weighted by Gasteiger charge is -2.16. The van der Waals surface area contributed by atoms with Gasteiger partial charge in [-0.05, 0) is 37.9 Å². The number of hydrogen-bond acceptors (Lipinski definition) is 6. The summed E-state index contributed by atoms with van der Waals surface area (Å²) in [6, 6.07) is 3.65. The first-order valence-corrected chi connectivity index (χ1v) is 8.94. The predicted octanol–water partition coefficient (Wildman–Crippen LogP) is 2.45. The lowest BCUT2D eigenvalue weighted by Crippen LogP contribution is -2.26. The molecule has 0 saturated carbocycles. The van der Waals surface area contributed by atoms with Crippen LogP contribution in [0.4, 0.5) is 0 Å². The number of hydrogen-bond donors (Lipinski definition) is 2. The Morgan fingerprint density at radius 1 is 1.58 bits per heavy atom. The van der Waals surface area contributed by atoms with Crippen LogP contribution in [0.3, 0.4) is 0 Å². The molecular weight excluding hydrogens is 326 g/mol. The third-order valence-electron chi connectivity index (χ3n) is 4.64. The van der Waals surface area contributed by atoms with Crippen LogP contribution in [0.15, 0.2) is 33.0 Å². The molecule has 1 saturated heterocycles. The summed E-state index contributed by atoms with van der Waals surface area (Å²) in [7, 11) is 0. The highest BCUT2D eigenvalue weighted by molar-refractivity contribution is 7.17. The molecule has 4 heterocycles. The standard InChI is InChI=1S/C17H19N3O3S/c1-10(21)11-4-5-20(7-11)8-14-18-16(22)15-12(9-24-17(15)19-14)13-3-2-6-23-13/h2-3,6,9-11,21H,4-5,7-8H2,1H3,(H,18,19,22). The molecule has 2 atom stereocenters. The molecule has 0 radical (unpaired) electrons. The smallest absolute Gasteiger partial charge is 0.260 e. The Bertz CT molecular complexity index is 898. The molecule has 3 aromatic heterocycles. The minimum absolute atomic E-state index is 0.131. The second kappa shape index (κ2) is 6.16. The molecule has 1 aliphatic heterocycles. The highest BCUT2D eigenvalue weighted by Gasteiger charge is 2.26. The quantitative estimate of drug-likeness (QED) is 0.759. The van der Waals surface area contributed by atoms with Gasteiger partial charge < -0.3 is 14.5 Å². The van der Waals surface area contributed by atoms with Gasteiger partial charge in [0.05, 0.1) is 24.3 Å². The van der Waals surface area contributed by atoms with Crippen molar-refractivity contribution in [2.24, 2.45) is 5.92 Å². The Balaban J connectivity index is 1.62. The molecule has 3 aromatic rings. The first kappa shape index (κ1) is 15.6. The average molecular weight is 345 g/mol. The SMILES string of the molecule is CC(O)C1CCN(Cc2nc3scc(-c4ccco4)c3c(=O)[nH]2)C1. The summed E-state index contributed by atoms with van der Waals surface area (Å²) in [6.07, 6.45) is 2.28. The largest absolute Gasteiger partial charge is 0.464 e. The summed E-state index contributed by atoms with van der Waals surface area (Å²) >= 11 is 1.45. The van der Waals surface area contributed by atoms with Gasteiger partial charge in [0.15, 0.2) is 0 Å². The van der Waals surface area contributed by atoms with E-state index in [1.54, 1.807) is 12.3 Å². The van der Waals surface area contributed by atoms with E-state index in [1.807, 2.05) is 18.4 Å². The molecular formula is C17H19N3O3S. The van der Waals surface area contributed by atoms with Crippen LogP contribution in [0.1, 0.15) is 19.2 Å². The van der Waals surface area contributed by atoms with E-state index in [9.17, 15) is 9.90 Å². The van der Waals surface area contributed by atoms with Crippen molar-refractivity contribution < 1.29 is 9.52 Å². The molecule has 0 aliphatic carbocycles. The van der Waals surface area contributed by atoms with Gasteiger partial charge in [0, 0.05) is 17.5 Å². The second-order valence-electron chi connectivity index (χ2n) is 6.34. The van der Waals surface area contributed by atoms with Crippen molar-refractivity contribution in [3.8, 4) is 11.3 Å². The van der Waals surface area contributed by atoms with Crippen LogP contribution in [0.5, 0.6) is 0 Å². The van der Waals surface area contributed by atoms with Gasteiger partial charge in [0.1, 0.15) is 16.4 Å². The van der Waals surface area contributed by atoms with Gasteiger partial charge in [0.25, 0.3) is 5.56 Å². The highest BCUT2D eigenvalue weighted by Crippen LogP contribution is 2.31. The van der Waals surface area contributed by atoms with Gasteiger partial charge in [-0.15, -0.1) is 11.3 Å². The first-order chi connectivity index (χ1) is 11.6. The maximum Gasteiger partial charge on any atom is 0.260 e. The number of thiophene rings is 1. The fourth-order valence-electron chi connectivity index (χ4n) is 3.29.